The van der Waals surface area contributed by atoms with Gasteiger partial charge >= 0.3 is 0 Å². The first-order valence-electron chi connectivity index (χ1n) is 6.33. The molecule has 1 heterocycles. The average molecular weight is 272 g/mol. The summed E-state index contributed by atoms with van der Waals surface area (Å²) in [5.74, 6) is -0.409. The fourth-order valence-electron chi connectivity index (χ4n) is 2.52. The molecule has 1 fully saturated rings. The lowest BCUT2D eigenvalue weighted by molar-refractivity contribution is 0.0263. The van der Waals surface area contributed by atoms with E-state index in [1.165, 1.54) is 6.07 Å². The van der Waals surface area contributed by atoms with Gasteiger partial charge in [-0.25, -0.2) is 4.39 Å². The summed E-state index contributed by atoms with van der Waals surface area (Å²) in [6, 6.07) is 4.68. The first-order valence-corrected chi connectivity index (χ1v) is 6.71. The molecule has 1 atom stereocenters. The fraction of sp³-hybridized carbons (Fsp3) is 0.571. The molecule has 1 aliphatic heterocycles. The Kier molecular flexibility index (Phi) is 4.25. The number of rotatable bonds is 2. The maximum absolute atomic E-state index is 13.1. The minimum absolute atomic E-state index is 0.127. The van der Waals surface area contributed by atoms with Gasteiger partial charge in [-0.3, -0.25) is 0 Å². The van der Waals surface area contributed by atoms with Gasteiger partial charge in [0.1, 0.15) is 5.82 Å². The van der Waals surface area contributed by atoms with Gasteiger partial charge in [0.05, 0.1) is 10.6 Å². The number of hydrogen-bond donors (Lipinski definition) is 1. The number of benzene rings is 1. The number of nitrogens with zero attached hydrogens (tertiary/aromatic N) is 1. The summed E-state index contributed by atoms with van der Waals surface area (Å²) >= 11 is 5.77. The highest BCUT2D eigenvalue weighted by Crippen LogP contribution is 2.27. The van der Waals surface area contributed by atoms with Gasteiger partial charge in [-0.05, 0) is 50.6 Å². The quantitative estimate of drug-likeness (QED) is 0.894. The van der Waals surface area contributed by atoms with Crippen molar-refractivity contribution in [2.75, 3.05) is 20.1 Å². The van der Waals surface area contributed by atoms with Crippen LogP contribution in [0.5, 0.6) is 0 Å². The van der Waals surface area contributed by atoms with Crippen molar-refractivity contribution in [1.82, 2.24) is 4.90 Å². The van der Waals surface area contributed by atoms with E-state index in [1.807, 2.05) is 0 Å². The van der Waals surface area contributed by atoms with Crippen molar-refractivity contribution in [2.45, 2.75) is 31.3 Å². The molecule has 100 valence electrons. The van der Waals surface area contributed by atoms with Gasteiger partial charge in [0.15, 0.2) is 0 Å². The van der Waals surface area contributed by atoms with E-state index in [-0.39, 0.29) is 5.02 Å². The van der Waals surface area contributed by atoms with Gasteiger partial charge in [-0.2, -0.15) is 0 Å². The van der Waals surface area contributed by atoms with E-state index in [9.17, 15) is 9.50 Å². The standard InChI is InChI=1S/C14H19ClFNO/c1-17-7-2-5-14(18,6-8-17)10-11-3-4-13(16)12(15)9-11/h3-4,9,18H,2,5-8,10H2,1H3. The third-order valence-corrected chi connectivity index (χ3v) is 3.95. The summed E-state index contributed by atoms with van der Waals surface area (Å²) in [7, 11) is 2.07. The van der Waals surface area contributed by atoms with E-state index in [1.54, 1.807) is 12.1 Å². The number of likely N-dealkylation sites (tertiary alicyclic amines) is 1. The molecule has 2 nitrogen and oxygen atoms in total. The minimum atomic E-state index is -0.689. The molecule has 4 heteroatoms. The van der Waals surface area contributed by atoms with Gasteiger partial charge in [0, 0.05) is 13.0 Å². The Labute approximate surface area is 112 Å². The molecule has 0 aliphatic carbocycles. The third-order valence-electron chi connectivity index (χ3n) is 3.66. The van der Waals surface area contributed by atoms with Gasteiger partial charge in [0.2, 0.25) is 0 Å². The molecule has 1 unspecified atom stereocenters. The van der Waals surface area contributed by atoms with Crippen LogP contribution in [0.2, 0.25) is 5.02 Å². The molecule has 1 aromatic carbocycles. The van der Waals surface area contributed by atoms with E-state index in [2.05, 4.69) is 11.9 Å². The van der Waals surface area contributed by atoms with Gasteiger partial charge < -0.3 is 10.0 Å². The first-order chi connectivity index (χ1) is 8.48. The maximum atomic E-state index is 13.1. The molecule has 0 spiro atoms. The van der Waals surface area contributed by atoms with Crippen LogP contribution >= 0.6 is 11.6 Å². The zero-order chi connectivity index (χ0) is 13.2. The van der Waals surface area contributed by atoms with Crippen molar-refractivity contribution in [1.29, 1.82) is 0 Å². The van der Waals surface area contributed by atoms with Crippen molar-refractivity contribution >= 4 is 11.6 Å². The van der Waals surface area contributed by atoms with Crippen LogP contribution in [0.1, 0.15) is 24.8 Å². The van der Waals surface area contributed by atoms with Gasteiger partial charge in [-0.1, -0.05) is 17.7 Å². The predicted molar refractivity (Wildman–Crippen MR) is 71.4 cm³/mol. The molecule has 1 aliphatic rings. The second kappa shape index (κ2) is 5.55. The molecule has 0 bridgehead atoms. The Morgan fingerprint density at radius 2 is 2.17 bits per heavy atom. The van der Waals surface area contributed by atoms with Crippen LogP contribution in [0, 0.1) is 5.82 Å². The molecule has 1 N–H and O–H groups in total. The first kappa shape index (κ1) is 13.8. The third kappa shape index (κ3) is 3.44. The van der Waals surface area contributed by atoms with Crippen LogP contribution in [0.15, 0.2) is 18.2 Å². The lowest BCUT2D eigenvalue weighted by atomic mass is 9.88. The highest BCUT2D eigenvalue weighted by molar-refractivity contribution is 6.30. The predicted octanol–water partition coefficient (Wildman–Crippen LogP) is 2.87. The monoisotopic (exact) mass is 271 g/mol. The van der Waals surface area contributed by atoms with Crippen molar-refractivity contribution in [3.05, 3.63) is 34.6 Å². The van der Waals surface area contributed by atoms with E-state index in [0.717, 1.165) is 37.9 Å². The highest BCUT2D eigenvalue weighted by atomic mass is 35.5. The molecule has 1 saturated heterocycles. The smallest absolute Gasteiger partial charge is 0.141 e. The normalized spacial score (nSPS) is 26.0. The Morgan fingerprint density at radius 1 is 1.39 bits per heavy atom. The minimum Gasteiger partial charge on any atom is -0.389 e. The highest BCUT2D eigenvalue weighted by Gasteiger charge is 2.29. The average Bonchev–Trinajstić information content (AvgIpc) is 2.47. The summed E-state index contributed by atoms with van der Waals surface area (Å²) in [4.78, 5) is 2.23. The number of halogens is 2. The largest absolute Gasteiger partial charge is 0.389 e. The van der Waals surface area contributed by atoms with Crippen molar-refractivity contribution in [3.8, 4) is 0 Å². The van der Waals surface area contributed by atoms with Crippen LogP contribution in [-0.2, 0) is 6.42 Å². The van der Waals surface area contributed by atoms with Crippen LogP contribution in [0.3, 0.4) is 0 Å². The summed E-state index contributed by atoms with van der Waals surface area (Å²) in [6.45, 7) is 1.91. The van der Waals surface area contributed by atoms with E-state index >= 15 is 0 Å². The molecule has 2 rings (SSSR count). The molecular formula is C14H19ClFNO. The van der Waals surface area contributed by atoms with Crippen LogP contribution in [0.4, 0.5) is 4.39 Å². The van der Waals surface area contributed by atoms with Crippen LogP contribution in [0.25, 0.3) is 0 Å². The van der Waals surface area contributed by atoms with Crippen LogP contribution in [-0.4, -0.2) is 35.7 Å². The van der Waals surface area contributed by atoms with Crippen molar-refractivity contribution in [3.63, 3.8) is 0 Å². The van der Waals surface area contributed by atoms with E-state index in [0.29, 0.717) is 6.42 Å². The molecule has 18 heavy (non-hydrogen) atoms. The van der Waals surface area contributed by atoms with Gasteiger partial charge in [0.25, 0.3) is 0 Å². The van der Waals surface area contributed by atoms with E-state index < -0.39 is 11.4 Å². The molecule has 0 saturated carbocycles. The Bertz CT molecular complexity index is 426. The lowest BCUT2D eigenvalue weighted by Gasteiger charge is -2.26. The second-order valence-electron chi connectivity index (χ2n) is 5.31. The number of aliphatic hydroxyl groups is 1. The molecule has 0 radical (unpaired) electrons. The maximum Gasteiger partial charge on any atom is 0.141 e. The zero-order valence-electron chi connectivity index (χ0n) is 10.6. The SMILES string of the molecule is CN1CCCC(O)(Cc2ccc(F)c(Cl)c2)CC1. The molecule has 0 amide bonds. The Morgan fingerprint density at radius 3 is 2.89 bits per heavy atom. The summed E-state index contributed by atoms with van der Waals surface area (Å²) < 4.78 is 13.1. The molecular weight excluding hydrogens is 253 g/mol. The Balaban J connectivity index is 2.09. The summed E-state index contributed by atoms with van der Waals surface area (Å²) in [6.07, 6.45) is 3.06. The van der Waals surface area contributed by atoms with E-state index in [4.69, 9.17) is 11.6 Å². The molecule has 1 aromatic rings. The fourth-order valence-corrected chi connectivity index (χ4v) is 2.72. The summed E-state index contributed by atoms with van der Waals surface area (Å²) in [5, 5.41) is 10.7. The van der Waals surface area contributed by atoms with Crippen molar-refractivity contribution < 1.29 is 9.50 Å². The zero-order valence-corrected chi connectivity index (χ0v) is 11.4. The van der Waals surface area contributed by atoms with Crippen LogP contribution < -0.4 is 0 Å². The Hall–Kier alpha value is -0.640. The topological polar surface area (TPSA) is 23.5 Å². The van der Waals surface area contributed by atoms with Gasteiger partial charge in [-0.15, -0.1) is 0 Å². The summed E-state index contributed by atoms with van der Waals surface area (Å²) in [5.41, 5.74) is 0.208. The molecule has 0 aromatic heterocycles. The number of hydrogen-bond acceptors (Lipinski definition) is 2. The van der Waals surface area contributed by atoms with Crippen molar-refractivity contribution in [2.24, 2.45) is 0 Å². The lowest BCUT2D eigenvalue weighted by Crippen LogP contribution is -2.32. The second-order valence-corrected chi connectivity index (χ2v) is 5.71.